The molecule has 1 aliphatic heterocycles. The molecule has 114 valence electrons. The number of aryl methyl sites for hydroxylation is 3. The standard InChI is InChI=1S/C17H20N4O/c1-12-11-18-13(2)19-16(12)20-17(22)21-10-6-5-8-14-7-3-4-9-15(14)21/h3-4,7,9,11H,5-6,8,10H2,1-2H3,(H,18,19,20,22). The SMILES string of the molecule is Cc1ncc(C)c(NC(=O)N2CCCCc3ccccc32)n1. The van der Waals surface area contributed by atoms with Crippen LogP contribution in [0.1, 0.15) is 29.8 Å². The lowest BCUT2D eigenvalue weighted by atomic mass is 10.1. The van der Waals surface area contributed by atoms with E-state index in [0.717, 1.165) is 37.1 Å². The number of anilines is 2. The summed E-state index contributed by atoms with van der Waals surface area (Å²) in [6.45, 7) is 4.44. The molecule has 1 aromatic carbocycles. The number of carbonyl (C=O) groups is 1. The molecule has 5 nitrogen and oxygen atoms in total. The first-order valence-electron chi connectivity index (χ1n) is 7.62. The third-order valence-corrected chi connectivity index (χ3v) is 3.92. The minimum Gasteiger partial charge on any atom is -0.294 e. The Morgan fingerprint density at radius 1 is 1.23 bits per heavy atom. The van der Waals surface area contributed by atoms with Gasteiger partial charge in [-0.3, -0.25) is 10.2 Å². The zero-order chi connectivity index (χ0) is 15.5. The van der Waals surface area contributed by atoms with E-state index >= 15 is 0 Å². The highest BCUT2D eigenvalue weighted by molar-refractivity contribution is 6.02. The van der Waals surface area contributed by atoms with Crippen LogP contribution < -0.4 is 10.2 Å². The van der Waals surface area contributed by atoms with Crippen LogP contribution in [-0.2, 0) is 6.42 Å². The maximum Gasteiger partial charge on any atom is 0.327 e. The molecule has 2 heterocycles. The minimum absolute atomic E-state index is 0.129. The zero-order valence-corrected chi connectivity index (χ0v) is 13.0. The van der Waals surface area contributed by atoms with Crippen LogP contribution in [0.2, 0.25) is 0 Å². The lowest BCUT2D eigenvalue weighted by molar-refractivity contribution is 0.257. The fraction of sp³-hybridized carbons (Fsp3) is 0.353. The number of urea groups is 1. The first-order valence-corrected chi connectivity index (χ1v) is 7.62. The van der Waals surface area contributed by atoms with Crippen LogP contribution in [0.4, 0.5) is 16.3 Å². The summed E-state index contributed by atoms with van der Waals surface area (Å²) in [4.78, 5) is 23.0. The first-order chi connectivity index (χ1) is 10.6. The number of nitrogens with zero attached hydrogens (tertiary/aromatic N) is 3. The van der Waals surface area contributed by atoms with Crippen LogP contribution >= 0.6 is 0 Å². The summed E-state index contributed by atoms with van der Waals surface area (Å²) in [7, 11) is 0. The van der Waals surface area contributed by atoms with Gasteiger partial charge >= 0.3 is 6.03 Å². The Labute approximate surface area is 130 Å². The number of amides is 2. The molecule has 0 saturated heterocycles. The van der Waals surface area contributed by atoms with Gasteiger partial charge < -0.3 is 0 Å². The van der Waals surface area contributed by atoms with Gasteiger partial charge in [-0.1, -0.05) is 18.2 Å². The first kappa shape index (κ1) is 14.5. The second-order valence-corrected chi connectivity index (χ2v) is 5.62. The van der Waals surface area contributed by atoms with E-state index < -0.39 is 0 Å². The van der Waals surface area contributed by atoms with Gasteiger partial charge in [-0.15, -0.1) is 0 Å². The number of rotatable bonds is 1. The zero-order valence-electron chi connectivity index (χ0n) is 13.0. The molecule has 0 saturated carbocycles. The largest absolute Gasteiger partial charge is 0.327 e. The molecule has 22 heavy (non-hydrogen) atoms. The highest BCUT2D eigenvalue weighted by Crippen LogP contribution is 2.26. The molecule has 0 atom stereocenters. The van der Waals surface area contributed by atoms with Crippen molar-refractivity contribution in [1.82, 2.24) is 9.97 Å². The molecule has 0 spiro atoms. The molecule has 0 fully saturated rings. The van der Waals surface area contributed by atoms with Crippen molar-refractivity contribution in [1.29, 1.82) is 0 Å². The summed E-state index contributed by atoms with van der Waals surface area (Å²) in [5.41, 5.74) is 3.09. The normalized spacial score (nSPS) is 14.2. The highest BCUT2D eigenvalue weighted by Gasteiger charge is 2.21. The van der Waals surface area contributed by atoms with Crippen LogP contribution in [-0.4, -0.2) is 22.5 Å². The Morgan fingerprint density at radius 3 is 2.91 bits per heavy atom. The molecule has 3 rings (SSSR count). The van der Waals surface area contributed by atoms with Crippen molar-refractivity contribution in [2.24, 2.45) is 0 Å². The van der Waals surface area contributed by atoms with E-state index in [4.69, 9.17) is 0 Å². The highest BCUT2D eigenvalue weighted by atomic mass is 16.2. The molecule has 1 aliphatic rings. The fourth-order valence-electron chi connectivity index (χ4n) is 2.73. The van der Waals surface area contributed by atoms with Crippen molar-refractivity contribution in [3.63, 3.8) is 0 Å². The van der Waals surface area contributed by atoms with E-state index in [9.17, 15) is 4.79 Å². The minimum atomic E-state index is -0.129. The predicted molar refractivity (Wildman–Crippen MR) is 87.3 cm³/mol. The molecular formula is C17H20N4O. The molecule has 0 unspecified atom stereocenters. The summed E-state index contributed by atoms with van der Waals surface area (Å²) in [6, 6.07) is 7.98. The van der Waals surface area contributed by atoms with E-state index in [1.807, 2.05) is 36.9 Å². The topological polar surface area (TPSA) is 58.1 Å². The molecule has 1 N–H and O–H groups in total. The predicted octanol–water partition coefficient (Wildman–Crippen LogP) is 3.47. The van der Waals surface area contributed by atoms with Gasteiger partial charge in [-0.25, -0.2) is 14.8 Å². The number of nitrogens with one attached hydrogen (secondary N) is 1. The molecule has 1 aromatic heterocycles. The number of carbonyl (C=O) groups excluding carboxylic acids is 1. The van der Waals surface area contributed by atoms with Crippen LogP contribution in [0.5, 0.6) is 0 Å². The third kappa shape index (κ3) is 2.93. The molecular weight excluding hydrogens is 276 g/mol. The van der Waals surface area contributed by atoms with Gasteiger partial charge in [0.15, 0.2) is 0 Å². The molecule has 0 bridgehead atoms. The second-order valence-electron chi connectivity index (χ2n) is 5.62. The molecule has 0 radical (unpaired) electrons. The Balaban J connectivity index is 1.87. The van der Waals surface area contributed by atoms with Gasteiger partial charge in [0.05, 0.1) is 0 Å². The number of para-hydroxylation sites is 1. The summed E-state index contributed by atoms with van der Waals surface area (Å²) >= 11 is 0. The van der Waals surface area contributed by atoms with Gasteiger partial charge in [0.1, 0.15) is 11.6 Å². The van der Waals surface area contributed by atoms with E-state index in [1.54, 1.807) is 6.20 Å². The Hall–Kier alpha value is -2.43. The van der Waals surface area contributed by atoms with Crippen LogP contribution in [0.15, 0.2) is 30.5 Å². The summed E-state index contributed by atoms with van der Waals surface area (Å²) in [5.74, 6) is 1.23. The number of hydrogen-bond acceptors (Lipinski definition) is 3. The van der Waals surface area contributed by atoms with Crippen molar-refractivity contribution in [2.45, 2.75) is 33.1 Å². The number of fused-ring (bicyclic) bond motifs is 1. The summed E-state index contributed by atoms with van der Waals surface area (Å²) in [5, 5.41) is 2.93. The van der Waals surface area contributed by atoms with E-state index in [1.165, 1.54) is 5.56 Å². The van der Waals surface area contributed by atoms with Crippen LogP contribution in [0.25, 0.3) is 0 Å². The Morgan fingerprint density at radius 2 is 2.05 bits per heavy atom. The van der Waals surface area contributed by atoms with Crippen molar-refractivity contribution < 1.29 is 4.79 Å². The van der Waals surface area contributed by atoms with Crippen molar-refractivity contribution >= 4 is 17.5 Å². The Kier molecular flexibility index (Phi) is 4.04. The lowest BCUT2D eigenvalue weighted by Crippen LogP contribution is -2.36. The van der Waals surface area contributed by atoms with Gasteiger partial charge in [-0.2, -0.15) is 0 Å². The van der Waals surface area contributed by atoms with Gasteiger partial charge in [-0.05, 0) is 44.7 Å². The molecule has 0 aliphatic carbocycles. The van der Waals surface area contributed by atoms with E-state index in [0.29, 0.717) is 11.6 Å². The average molecular weight is 296 g/mol. The number of hydrogen-bond donors (Lipinski definition) is 1. The van der Waals surface area contributed by atoms with Crippen molar-refractivity contribution in [2.75, 3.05) is 16.8 Å². The van der Waals surface area contributed by atoms with E-state index in [2.05, 4.69) is 21.4 Å². The maximum atomic E-state index is 12.7. The summed E-state index contributed by atoms with van der Waals surface area (Å²) < 4.78 is 0. The smallest absolute Gasteiger partial charge is 0.294 e. The number of benzene rings is 1. The lowest BCUT2D eigenvalue weighted by Gasteiger charge is -2.23. The maximum absolute atomic E-state index is 12.7. The fourth-order valence-corrected chi connectivity index (χ4v) is 2.73. The van der Waals surface area contributed by atoms with Crippen molar-refractivity contribution in [3.8, 4) is 0 Å². The molecule has 5 heteroatoms. The Bertz CT molecular complexity index is 699. The number of aromatic nitrogens is 2. The average Bonchev–Trinajstić information content (AvgIpc) is 2.73. The summed E-state index contributed by atoms with van der Waals surface area (Å²) in [6.07, 6.45) is 4.86. The van der Waals surface area contributed by atoms with Gasteiger partial charge in [0, 0.05) is 24.0 Å². The van der Waals surface area contributed by atoms with Crippen LogP contribution in [0, 0.1) is 13.8 Å². The van der Waals surface area contributed by atoms with Crippen molar-refractivity contribution in [3.05, 3.63) is 47.4 Å². The van der Waals surface area contributed by atoms with Crippen LogP contribution in [0.3, 0.4) is 0 Å². The van der Waals surface area contributed by atoms with Gasteiger partial charge in [0.25, 0.3) is 0 Å². The second kappa shape index (κ2) is 6.13. The quantitative estimate of drug-likeness (QED) is 0.876. The third-order valence-electron chi connectivity index (χ3n) is 3.92. The van der Waals surface area contributed by atoms with E-state index in [-0.39, 0.29) is 6.03 Å². The molecule has 2 aromatic rings. The van der Waals surface area contributed by atoms with Gasteiger partial charge in [0.2, 0.25) is 0 Å². The molecule has 2 amide bonds. The monoisotopic (exact) mass is 296 g/mol.